The molecular formula is C17H18N2O2. The fraction of sp³-hybridized carbons (Fsp3) is 0.294. The molecule has 3 rings (SSSR count). The van der Waals surface area contributed by atoms with E-state index >= 15 is 0 Å². The number of hydrogen-bond acceptors (Lipinski definition) is 2. The maximum absolute atomic E-state index is 12.7. The van der Waals surface area contributed by atoms with Gasteiger partial charge >= 0.3 is 0 Å². The van der Waals surface area contributed by atoms with Gasteiger partial charge in [0.05, 0.1) is 0 Å². The van der Waals surface area contributed by atoms with Gasteiger partial charge < -0.3 is 9.47 Å². The molecule has 1 aliphatic rings. The smallest absolute Gasteiger partial charge is 0.254 e. The number of carbonyl (C=O) groups excluding carboxylic acids is 1. The van der Waals surface area contributed by atoms with Crippen LogP contribution in [0.2, 0.25) is 0 Å². The Labute approximate surface area is 123 Å². The highest BCUT2D eigenvalue weighted by Crippen LogP contribution is 2.29. The van der Waals surface area contributed by atoms with Gasteiger partial charge in [-0.05, 0) is 24.5 Å². The van der Waals surface area contributed by atoms with Crippen LogP contribution in [0.15, 0.2) is 53.5 Å². The van der Waals surface area contributed by atoms with Crippen molar-refractivity contribution in [3.63, 3.8) is 0 Å². The van der Waals surface area contributed by atoms with Gasteiger partial charge in [-0.3, -0.25) is 9.59 Å². The molecule has 0 spiro atoms. The van der Waals surface area contributed by atoms with E-state index in [1.807, 2.05) is 35.2 Å². The molecule has 0 aliphatic heterocycles. The Morgan fingerprint density at radius 3 is 2.57 bits per heavy atom. The number of aryl methyl sites for hydroxylation is 1. The fourth-order valence-electron chi connectivity index (χ4n) is 2.38. The molecule has 1 heterocycles. The Bertz CT molecular complexity index is 702. The quantitative estimate of drug-likeness (QED) is 0.862. The van der Waals surface area contributed by atoms with Crippen molar-refractivity contribution in [2.24, 2.45) is 7.05 Å². The van der Waals surface area contributed by atoms with Crippen molar-refractivity contribution in [2.45, 2.75) is 25.4 Å². The van der Waals surface area contributed by atoms with Crippen molar-refractivity contribution in [3.8, 4) is 0 Å². The summed E-state index contributed by atoms with van der Waals surface area (Å²) in [7, 11) is 1.68. The third kappa shape index (κ3) is 3.05. The van der Waals surface area contributed by atoms with Crippen LogP contribution in [0.25, 0.3) is 0 Å². The molecule has 0 radical (unpaired) electrons. The van der Waals surface area contributed by atoms with Gasteiger partial charge in [-0.2, -0.15) is 0 Å². The average molecular weight is 282 g/mol. The largest absolute Gasteiger partial charge is 0.331 e. The number of aromatic nitrogens is 1. The standard InChI is InChI=1S/C17H18N2O2/c1-18-10-9-14(11-16(18)20)17(21)19(15-7-8-15)12-13-5-3-2-4-6-13/h2-6,9-11,15H,7-8,12H2,1H3. The molecule has 0 bridgehead atoms. The molecule has 0 atom stereocenters. The van der Waals surface area contributed by atoms with E-state index in [9.17, 15) is 9.59 Å². The molecule has 0 N–H and O–H groups in total. The number of benzene rings is 1. The van der Waals surface area contributed by atoms with E-state index in [2.05, 4.69) is 0 Å². The predicted molar refractivity (Wildman–Crippen MR) is 81.0 cm³/mol. The molecule has 1 aromatic carbocycles. The molecule has 0 saturated heterocycles. The summed E-state index contributed by atoms with van der Waals surface area (Å²) in [5.41, 5.74) is 1.43. The molecule has 21 heavy (non-hydrogen) atoms. The van der Waals surface area contributed by atoms with Gasteiger partial charge in [-0.15, -0.1) is 0 Å². The summed E-state index contributed by atoms with van der Waals surface area (Å²) in [5, 5.41) is 0. The SMILES string of the molecule is Cn1ccc(C(=O)N(Cc2ccccc2)C2CC2)cc1=O. The first kappa shape index (κ1) is 13.6. The highest BCUT2D eigenvalue weighted by Gasteiger charge is 2.33. The lowest BCUT2D eigenvalue weighted by molar-refractivity contribution is 0.0729. The van der Waals surface area contributed by atoms with Gasteiger partial charge in [0, 0.05) is 37.5 Å². The van der Waals surface area contributed by atoms with Crippen LogP contribution < -0.4 is 5.56 Å². The first-order chi connectivity index (χ1) is 10.1. The van der Waals surface area contributed by atoms with Crippen molar-refractivity contribution < 1.29 is 4.79 Å². The molecule has 1 aromatic heterocycles. The first-order valence-corrected chi connectivity index (χ1v) is 7.17. The van der Waals surface area contributed by atoms with Gasteiger partial charge in [-0.25, -0.2) is 0 Å². The number of amides is 1. The summed E-state index contributed by atoms with van der Waals surface area (Å²) in [6, 6.07) is 13.4. The van der Waals surface area contributed by atoms with Crippen LogP contribution in [0.3, 0.4) is 0 Å². The molecule has 0 unspecified atom stereocenters. The number of rotatable bonds is 4. The molecule has 4 nitrogen and oxygen atoms in total. The van der Waals surface area contributed by atoms with E-state index in [0.717, 1.165) is 18.4 Å². The molecule has 2 aromatic rings. The van der Waals surface area contributed by atoms with Gasteiger partial charge in [0.15, 0.2) is 0 Å². The zero-order valence-corrected chi connectivity index (χ0v) is 12.0. The molecule has 1 amide bonds. The minimum atomic E-state index is -0.156. The third-order valence-corrected chi connectivity index (χ3v) is 3.80. The average Bonchev–Trinajstić information content (AvgIpc) is 3.33. The van der Waals surface area contributed by atoms with Crippen LogP contribution in [-0.2, 0) is 13.6 Å². The Kier molecular flexibility index (Phi) is 3.60. The molecule has 108 valence electrons. The molecule has 1 aliphatic carbocycles. The maximum Gasteiger partial charge on any atom is 0.254 e. The third-order valence-electron chi connectivity index (χ3n) is 3.80. The number of carbonyl (C=O) groups is 1. The molecular weight excluding hydrogens is 264 g/mol. The van der Waals surface area contributed by atoms with Crippen molar-refractivity contribution in [3.05, 3.63) is 70.1 Å². The van der Waals surface area contributed by atoms with E-state index in [0.29, 0.717) is 18.2 Å². The van der Waals surface area contributed by atoms with Crippen molar-refractivity contribution >= 4 is 5.91 Å². The van der Waals surface area contributed by atoms with Gasteiger partial charge in [-0.1, -0.05) is 30.3 Å². The number of hydrogen-bond donors (Lipinski definition) is 0. The van der Waals surface area contributed by atoms with Crippen LogP contribution in [0, 0.1) is 0 Å². The normalized spacial score (nSPS) is 14.0. The van der Waals surface area contributed by atoms with Crippen LogP contribution in [0.5, 0.6) is 0 Å². The van der Waals surface area contributed by atoms with E-state index in [1.165, 1.54) is 10.6 Å². The second-order valence-corrected chi connectivity index (χ2v) is 5.51. The van der Waals surface area contributed by atoms with E-state index < -0.39 is 0 Å². The summed E-state index contributed by atoms with van der Waals surface area (Å²) >= 11 is 0. The Morgan fingerprint density at radius 1 is 1.24 bits per heavy atom. The zero-order chi connectivity index (χ0) is 14.8. The van der Waals surface area contributed by atoms with Crippen LogP contribution >= 0.6 is 0 Å². The number of pyridine rings is 1. The van der Waals surface area contributed by atoms with Gasteiger partial charge in [0.25, 0.3) is 11.5 Å². The Hall–Kier alpha value is -2.36. The van der Waals surface area contributed by atoms with Gasteiger partial charge in [0.1, 0.15) is 0 Å². The minimum absolute atomic E-state index is 0.0564. The topological polar surface area (TPSA) is 42.3 Å². The van der Waals surface area contributed by atoms with Crippen LogP contribution in [-0.4, -0.2) is 21.4 Å². The summed E-state index contributed by atoms with van der Waals surface area (Å²) in [6.45, 7) is 0.597. The molecule has 4 heteroatoms. The number of nitrogens with zero attached hydrogens (tertiary/aromatic N) is 2. The summed E-state index contributed by atoms with van der Waals surface area (Å²) in [6.07, 6.45) is 3.73. The monoisotopic (exact) mass is 282 g/mol. The predicted octanol–water partition coefficient (Wildman–Crippen LogP) is 2.19. The molecule has 1 fully saturated rings. The van der Waals surface area contributed by atoms with Crippen molar-refractivity contribution in [1.29, 1.82) is 0 Å². The lowest BCUT2D eigenvalue weighted by Gasteiger charge is -2.22. The van der Waals surface area contributed by atoms with Crippen LogP contribution in [0.4, 0.5) is 0 Å². The van der Waals surface area contributed by atoms with Crippen LogP contribution in [0.1, 0.15) is 28.8 Å². The highest BCUT2D eigenvalue weighted by molar-refractivity contribution is 5.94. The zero-order valence-electron chi connectivity index (χ0n) is 12.0. The Balaban J connectivity index is 1.85. The maximum atomic E-state index is 12.7. The lowest BCUT2D eigenvalue weighted by atomic mass is 10.1. The molecule has 1 saturated carbocycles. The van der Waals surface area contributed by atoms with Crippen molar-refractivity contribution in [2.75, 3.05) is 0 Å². The Morgan fingerprint density at radius 2 is 1.95 bits per heavy atom. The lowest BCUT2D eigenvalue weighted by Crippen LogP contribution is -2.33. The first-order valence-electron chi connectivity index (χ1n) is 7.17. The van der Waals surface area contributed by atoms with E-state index in [1.54, 1.807) is 19.3 Å². The van der Waals surface area contributed by atoms with E-state index in [-0.39, 0.29) is 11.5 Å². The summed E-state index contributed by atoms with van der Waals surface area (Å²) < 4.78 is 1.47. The van der Waals surface area contributed by atoms with E-state index in [4.69, 9.17) is 0 Å². The minimum Gasteiger partial charge on any atom is -0.331 e. The van der Waals surface area contributed by atoms with Crippen molar-refractivity contribution in [1.82, 2.24) is 9.47 Å². The summed E-state index contributed by atoms with van der Waals surface area (Å²) in [5.74, 6) is -0.0564. The second-order valence-electron chi connectivity index (χ2n) is 5.51. The fourth-order valence-corrected chi connectivity index (χ4v) is 2.38. The second kappa shape index (κ2) is 5.56. The van der Waals surface area contributed by atoms with Gasteiger partial charge in [0.2, 0.25) is 0 Å². The highest BCUT2D eigenvalue weighted by atomic mass is 16.2. The summed E-state index contributed by atoms with van der Waals surface area (Å²) in [4.78, 5) is 26.3.